The SMILES string of the molecule is CN(C)c1ccc(-n2ccc3ccncc32)nc1. The first-order chi connectivity index (χ1) is 8.75. The van der Waals surface area contributed by atoms with Crippen molar-refractivity contribution in [2.75, 3.05) is 19.0 Å². The fourth-order valence-corrected chi connectivity index (χ4v) is 1.96. The lowest BCUT2D eigenvalue weighted by atomic mass is 10.3. The first-order valence-electron chi connectivity index (χ1n) is 5.80. The van der Waals surface area contributed by atoms with Crippen molar-refractivity contribution in [2.45, 2.75) is 0 Å². The van der Waals surface area contributed by atoms with E-state index < -0.39 is 0 Å². The van der Waals surface area contributed by atoms with Gasteiger partial charge in [-0.05, 0) is 24.3 Å². The lowest BCUT2D eigenvalue weighted by Crippen LogP contribution is -2.09. The van der Waals surface area contributed by atoms with Crippen LogP contribution in [0, 0.1) is 0 Å². The van der Waals surface area contributed by atoms with Crippen LogP contribution in [-0.4, -0.2) is 28.6 Å². The highest BCUT2D eigenvalue weighted by Crippen LogP contribution is 2.19. The van der Waals surface area contributed by atoms with E-state index in [9.17, 15) is 0 Å². The van der Waals surface area contributed by atoms with E-state index in [1.807, 2.05) is 54.3 Å². The number of pyridine rings is 2. The second-order valence-corrected chi connectivity index (χ2v) is 4.39. The maximum absolute atomic E-state index is 4.49. The van der Waals surface area contributed by atoms with Gasteiger partial charge in [0.1, 0.15) is 5.82 Å². The minimum Gasteiger partial charge on any atom is -0.376 e. The molecule has 0 unspecified atom stereocenters. The third-order valence-electron chi connectivity index (χ3n) is 2.99. The number of rotatable bonds is 2. The van der Waals surface area contributed by atoms with Crippen LogP contribution in [-0.2, 0) is 0 Å². The van der Waals surface area contributed by atoms with Crippen molar-refractivity contribution >= 4 is 16.6 Å². The molecule has 0 atom stereocenters. The summed E-state index contributed by atoms with van der Waals surface area (Å²) in [5.41, 5.74) is 2.16. The molecule has 0 fully saturated rings. The fraction of sp³-hybridized carbons (Fsp3) is 0.143. The van der Waals surface area contributed by atoms with E-state index in [0.29, 0.717) is 0 Å². The number of anilines is 1. The van der Waals surface area contributed by atoms with E-state index in [1.165, 1.54) is 5.39 Å². The van der Waals surface area contributed by atoms with Crippen molar-refractivity contribution in [1.82, 2.24) is 14.5 Å². The lowest BCUT2D eigenvalue weighted by molar-refractivity contribution is 1.02. The van der Waals surface area contributed by atoms with Gasteiger partial charge in [0.15, 0.2) is 0 Å². The van der Waals surface area contributed by atoms with Crippen molar-refractivity contribution in [2.24, 2.45) is 0 Å². The molecule has 0 saturated heterocycles. The van der Waals surface area contributed by atoms with Gasteiger partial charge >= 0.3 is 0 Å². The monoisotopic (exact) mass is 238 g/mol. The Morgan fingerprint density at radius 3 is 2.67 bits per heavy atom. The Morgan fingerprint density at radius 1 is 1.06 bits per heavy atom. The number of hydrogen-bond acceptors (Lipinski definition) is 3. The molecule has 0 bridgehead atoms. The Labute approximate surface area is 106 Å². The predicted octanol–water partition coefficient (Wildman–Crippen LogP) is 2.49. The molecular formula is C14H14N4. The van der Waals surface area contributed by atoms with E-state index in [-0.39, 0.29) is 0 Å². The van der Waals surface area contributed by atoms with Crippen molar-refractivity contribution in [1.29, 1.82) is 0 Å². The van der Waals surface area contributed by atoms with E-state index in [4.69, 9.17) is 0 Å². The second kappa shape index (κ2) is 4.14. The van der Waals surface area contributed by atoms with Gasteiger partial charge in [-0.25, -0.2) is 4.98 Å². The van der Waals surface area contributed by atoms with Crippen molar-refractivity contribution in [3.63, 3.8) is 0 Å². The van der Waals surface area contributed by atoms with Gasteiger partial charge < -0.3 is 4.90 Å². The molecule has 0 saturated carbocycles. The molecule has 18 heavy (non-hydrogen) atoms. The van der Waals surface area contributed by atoms with Crippen LogP contribution in [0.2, 0.25) is 0 Å². The van der Waals surface area contributed by atoms with Crippen LogP contribution in [0.15, 0.2) is 49.1 Å². The van der Waals surface area contributed by atoms with Crippen molar-refractivity contribution < 1.29 is 0 Å². The van der Waals surface area contributed by atoms with Gasteiger partial charge in [-0.2, -0.15) is 0 Å². The molecule has 3 aromatic rings. The summed E-state index contributed by atoms with van der Waals surface area (Å²) in [7, 11) is 4.01. The Kier molecular flexibility index (Phi) is 2.48. The Morgan fingerprint density at radius 2 is 1.94 bits per heavy atom. The van der Waals surface area contributed by atoms with Crippen LogP contribution < -0.4 is 4.90 Å². The van der Waals surface area contributed by atoms with Gasteiger partial charge in [0.05, 0.1) is 23.6 Å². The van der Waals surface area contributed by atoms with E-state index in [2.05, 4.69) is 22.1 Å². The van der Waals surface area contributed by atoms with E-state index in [0.717, 1.165) is 17.0 Å². The quantitative estimate of drug-likeness (QED) is 0.688. The number of fused-ring (bicyclic) bond motifs is 1. The molecule has 90 valence electrons. The summed E-state index contributed by atoms with van der Waals surface area (Å²) in [6.45, 7) is 0. The molecule has 0 spiro atoms. The average Bonchev–Trinajstić information content (AvgIpc) is 2.82. The van der Waals surface area contributed by atoms with Gasteiger partial charge in [-0.15, -0.1) is 0 Å². The van der Waals surface area contributed by atoms with Crippen LogP contribution in [0.4, 0.5) is 5.69 Å². The zero-order chi connectivity index (χ0) is 12.5. The minimum absolute atomic E-state index is 0.906. The average molecular weight is 238 g/mol. The van der Waals surface area contributed by atoms with E-state index >= 15 is 0 Å². The highest BCUT2D eigenvalue weighted by molar-refractivity contribution is 5.80. The normalized spacial score (nSPS) is 10.8. The summed E-state index contributed by atoms with van der Waals surface area (Å²) >= 11 is 0. The molecule has 3 heterocycles. The molecule has 4 nitrogen and oxygen atoms in total. The largest absolute Gasteiger partial charge is 0.376 e. The second-order valence-electron chi connectivity index (χ2n) is 4.39. The zero-order valence-corrected chi connectivity index (χ0v) is 10.4. The highest BCUT2D eigenvalue weighted by atomic mass is 15.1. The predicted molar refractivity (Wildman–Crippen MR) is 73.2 cm³/mol. The van der Waals surface area contributed by atoms with Crippen LogP contribution in [0.1, 0.15) is 0 Å². The summed E-state index contributed by atoms with van der Waals surface area (Å²) in [5, 5.41) is 1.17. The van der Waals surface area contributed by atoms with Crippen molar-refractivity contribution in [3.05, 3.63) is 49.1 Å². The van der Waals surface area contributed by atoms with E-state index in [1.54, 1.807) is 6.20 Å². The first kappa shape index (κ1) is 10.8. The van der Waals surface area contributed by atoms with Gasteiger partial charge in [0.2, 0.25) is 0 Å². The molecule has 3 aromatic heterocycles. The molecule has 3 rings (SSSR count). The zero-order valence-electron chi connectivity index (χ0n) is 10.4. The number of aromatic nitrogens is 3. The highest BCUT2D eigenvalue weighted by Gasteiger charge is 2.04. The summed E-state index contributed by atoms with van der Waals surface area (Å²) in [6, 6.07) is 8.14. The molecule has 0 aliphatic rings. The van der Waals surface area contributed by atoms with Crippen LogP contribution >= 0.6 is 0 Å². The summed E-state index contributed by atoms with van der Waals surface area (Å²) in [6.07, 6.45) is 7.55. The molecule has 0 radical (unpaired) electrons. The Bertz CT molecular complexity index is 668. The standard InChI is InChI=1S/C14H14N4/c1-17(2)12-3-4-14(16-9-12)18-8-6-11-5-7-15-10-13(11)18/h3-10H,1-2H3. The maximum Gasteiger partial charge on any atom is 0.137 e. The molecular weight excluding hydrogens is 224 g/mol. The topological polar surface area (TPSA) is 34.0 Å². The van der Waals surface area contributed by atoms with Crippen LogP contribution in [0.25, 0.3) is 16.7 Å². The number of nitrogens with zero attached hydrogens (tertiary/aromatic N) is 4. The molecule has 0 N–H and O–H groups in total. The maximum atomic E-state index is 4.49. The van der Waals surface area contributed by atoms with Crippen molar-refractivity contribution in [3.8, 4) is 5.82 Å². The first-order valence-corrected chi connectivity index (χ1v) is 5.80. The van der Waals surface area contributed by atoms with Crippen LogP contribution in [0.3, 0.4) is 0 Å². The third kappa shape index (κ3) is 1.72. The summed E-state index contributed by atoms with van der Waals surface area (Å²) < 4.78 is 2.04. The Balaban J connectivity index is 2.09. The fourth-order valence-electron chi connectivity index (χ4n) is 1.96. The summed E-state index contributed by atoms with van der Waals surface area (Å²) in [4.78, 5) is 10.7. The summed E-state index contributed by atoms with van der Waals surface area (Å²) in [5.74, 6) is 0.906. The van der Waals surface area contributed by atoms with Gasteiger partial charge in [0, 0.05) is 31.9 Å². The molecule has 4 heteroatoms. The van der Waals surface area contributed by atoms with Crippen LogP contribution in [0.5, 0.6) is 0 Å². The van der Waals surface area contributed by atoms with Gasteiger partial charge in [-0.1, -0.05) is 0 Å². The molecule has 0 aliphatic heterocycles. The molecule has 0 aliphatic carbocycles. The smallest absolute Gasteiger partial charge is 0.137 e. The number of hydrogen-bond donors (Lipinski definition) is 0. The lowest BCUT2D eigenvalue weighted by Gasteiger charge is -2.12. The third-order valence-corrected chi connectivity index (χ3v) is 2.99. The Hall–Kier alpha value is -2.36. The molecule has 0 aromatic carbocycles. The molecule has 0 amide bonds. The van der Waals surface area contributed by atoms with Gasteiger partial charge in [0.25, 0.3) is 0 Å². The minimum atomic E-state index is 0.906. The van der Waals surface area contributed by atoms with Gasteiger partial charge in [-0.3, -0.25) is 9.55 Å².